The predicted molar refractivity (Wildman–Crippen MR) is 59.4 cm³/mol. The zero-order chi connectivity index (χ0) is 12.3. The second-order valence-electron chi connectivity index (χ2n) is 4.12. The Morgan fingerprint density at radius 3 is 2.56 bits per heavy atom. The largest absolute Gasteiger partial charge is 0.495 e. The molecule has 0 spiro atoms. The monoisotopic (exact) mass is 224 g/mol. The van der Waals surface area contributed by atoms with E-state index in [1.54, 1.807) is 39.3 Å². The average molecular weight is 224 g/mol. The number of nitrogens with two attached hydrogens (primary N) is 1. The summed E-state index contributed by atoms with van der Waals surface area (Å²) in [6.45, 7) is 3.50. The molecule has 16 heavy (non-hydrogen) atoms. The molecule has 1 unspecified atom stereocenters. The smallest absolute Gasteiger partial charge is 0.321 e. The lowest BCUT2D eigenvalue weighted by Gasteiger charge is -2.27. The first-order valence-corrected chi connectivity index (χ1v) is 4.88. The Morgan fingerprint density at radius 2 is 2.19 bits per heavy atom. The van der Waals surface area contributed by atoms with Crippen molar-refractivity contribution in [1.29, 1.82) is 0 Å². The van der Waals surface area contributed by atoms with Gasteiger partial charge >= 0.3 is 5.97 Å². The molecule has 1 rings (SSSR count). The van der Waals surface area contributed by atoms with Gasteiger partial charge in [-0.15, -0.1) is 0 Å². The van der Waals surface area contributed by atoms with Gasteiger partial charge in [-0.05, 0) is 12.1 Å². The molecule has 0 aliphatic rings. The SMILES string of the molecule is COc1ccc(C(C)(C)C(N)C(=O)O)nc1. The first kappa shape index (κ1) is 12.4. The Labute approximate surface area is 94.2 Å². The number of carboxylic acids is 1. The Kier molecular flexibility index (Phi) is 3.49. The summed E-state index contributed by atoms with van der Waals surface area (Å²) in [7, 11) is 1.55. The van der Waals surface area contributed by atoms with Crippen LogP contribution in [0.25, 0.3) is 0 Å². The topological polar surface area (TPSA) is 85.4 Å². The highest BCUT2D eigenvalue weighted by molar-refractivity contribution is 5.75. The summed E-state index contributed by atoms with van der Waals surface area (Å²) >= 11 is 0. The Bertz CT molecular complexity index is 373. The number of carbonyl (C=O) groups is 1. The molecule has 3 N–H and O–H groups in total. The highest BCUT2D eigenvalue weighted by atomic mass is 16.5. The van der Waals surface area contributed by atoms with E-state index >= 15 is 0 Å². The predicted octanol–water partition coefficient (Wildman–Crippen LogP) is 0.780. The number of aliphatic carboxylic acids is 1. The van der Waals surface area contributed by atoms with E-state index in [9.17, 15) is 4.79 Å². The molecule has 0 bridgehead atoms. The van der Waals surface area contributed by atoms with Crippen molar-refractivity contribution in [2.24, 2.45) is 5.73 Å². The van der Waals surface area contributed by atoms with E-state index in [0.717, 1.165) is 0 Å². The minimum absolute atomic E-state index is 0.628. The molecule has 0 fully saturated rings. The van der Waals surface area contributed by atoms with Gasteiger partial charge < -0.3 is 15.6 Å². The van der Waals surface area contributed by atoms with E-state index in [1.807, 2.05) is 0 Å². The number of ether oxygens (including phenoxy) is 1. The number of hydrogen-bond donors (Lipinski definition) is 2. The van der Waals surface area contributed by atoms with E-state index in [1.165, 1.54) is 0 Å². The van der Waals surface area contributed by atoms with Gasteiger partial charge in [-0.25, -0.2) is 0 Å². The summed E-state index contributed by atoms with van der Waals surface area (Å²) in [6.07, 6.45) is 1.55. The number of carboxylic acid groups (broad SMARTS) is 1. The van der Waals surface area contributed by atoms with Crippen LogP contribution < -0.4 is 10.5 Å². The number of rotatable bonds is 4. The van der Waals surface area contributed by atoms with E-state index in [2.05, 4.69) is 4.98 Å². The van der Waals surface area contributed by atoms with Gasteiger partial charge in [-0.3, -0.25) is 9.78 Å². The second kappa shape index (κ2) is 4.49. The van der Waals surface area contributed by atoms with Crippen LogP contribution in [0.3, 0.4) is 0 Å². The number of pyridine rings is 1. The van der Waals surface area contributed by atoms with Crippen molar-refractivity contribution in [3.8, 4) is 5.75 Å². The maximum absolute atomic E-state index is 10.9. The van der Waals surface area contributed by atoms with Crippen LogP contribution in [0.2, 0.25) is 0 Å². The summed E-state index contributed by atoms with van der Waals surface area (Å²) in [4.78, 5) is 15.0. The van der Waals surface area contributed by atoms with Crippen LogP contribution in [-0.4, -0.2) is 29.2 Å². The number of nitrogens with zero attached hydrogens (tertiary/aromatic N) is 1. The van der Waals surface area contributed by atoms with E-state index < -0.39 is 17.4 Å². The molecule has 5 nitrogen and oxygen atoms in total. The minimum Gasteiger partial charge on any atom is -0.495 e. The molecule has 0 saturated heterocycles. The van der Waals surface area contributed by atoms with Gasteiger partial charge in [-0.1, -0.05) is 13.8 Å². The molecule has 0 saturated carbocycles. The van der Waals surface area contributed by atoms with Gasteiger partial charge in [0.15, 0.2) is 0 Å². The quantitative estimate of drug-likeness (QED) is 0.789. The van der Waals surface area contributed by atoms with Crippen LogP contribution in [0, 0.1) is 0 Å². The Hall–Kier alpha value is -1.62. The highest BCUT2D eigenvalue weighted by Crippen LogP contribution is 2.25. The first-order valence-electron chi connectivity index (χ1n) is 4.88. The summed E-state index contributed by atoms with van der Waals surface area (Å²) in [5, 5.41) is 8.90. The number of hydrogen-bond acceptors (Lipinski definition) is 4. The summed E-state index contributed by atoms with van der Waals surface area (Å²) < 4.78 is 4.98. The van der Waals surface area contributed by atoms with Crippen LogP contribution >= 0.6 is 0 Å². The third-order valence-electron chi connectivity index (χ3n) is 2.68. The average Bonchev–Trinajstić information content (AvgIpc) is 2.28. The van der Waals surface area contributed by atoms with Gasteiger partial charge in [0.25, 0.3) is 0 Å². The first-order chi connectivity index (χ1) is 7.39. The molecule has 1 aromatic rings. The van der Waals surface area contributed by atoms with E-state index in [-0.39, 0.29) is 0 Å². The van der Waals surface area contributed by atoms with Crippen molar-refractivity contribution in [1.82, 2.24) is 4.98 Å². The molecule has 1 heterocycles. The van der Waals surface area contributed by atoms with Crippen molar-refractivity contribution >= 4 is 5.97 Å². The second-order valence-corrected chi connectivity index (χ2v) is 4.12. The van der Waals surface area contributed by atoms with Crippen molar-refractivity contribution in [2.45, 2.75) is 25.3 Å². The molecule has 0 radical (unpaired) electrons. The van der Waals surface area contributed by atoms with Crippen molar-refractivity contribution in [3.63, 3.8) is 0 Å². The fourth-order valence-corrected chi connectivity index (χ4v) is 1.35. The maximum atomic E-state index is 10.9. The third kappa shape index (κ3) is 2.30. The number of aromatic nitrogens is 1. The summed E-state index contributed by atoms with van der Waals surface area (Å²) in [5.74, 6) is -0.411. The van der Waals surface area contributed by atoms with Crippen molar-refractivity contribution < 1.29 is 14.6 Å². The van der Waals surface area contributed by atoms with Gasteiger partial charge in [0.2, 0.25) is 0 Å². The zero-order valence-electron chi connectivity index (χ0n) is 9.60. The Balaban J connectivity index is 3.02. The normalized spacial score (nSPS) is 13.2. The Morgan fingerprint density at radius 1 is 1.56 bits per heavy atom. The van der Waals surface area contributed by atoms with E-state index in [0.29, 0.717) is 11.4 Å². The molecule has 0 aromatic carbocycles. The lowest BCUT2D eigenvalue weighted by atomic mass is 9.81. The molecule has 1 aromatic heterocycles. The maximum Gasteiger partial charge on any atom is 0.321 e. The fraction of sp³-hybridized carbons (Fsp3) is 0.455. The number of methoxy groups -OCH3 is 1. The van der Waals surface area contributed by atoms with Crippen molar-refractivity contribution in [2.75, 3.05) is 7.11 Å². The van der Waals surface area contributed by atoms with Gasteiger partial charge in [0.1, 0.15) is 11.8 Å². The standard InChI is InChI=1S/C11H16N2O3/c1-11(2,9(12)10(14)15)8-5-4-7(16-3)6-13-8/h4-6,9H,12H2,1-3H3,(H,14,15). The molecule has 88 valence electrons. The van der Waals surface area contributed by atoms with Crippen LogP contribution in [0.15, 0.2) is 18.3 Å². The summed E-state index contributed by atoms with van der Waals surface area (Å²) in [6, 6.07) is 2.47. The van der Waals surface area contributed by atoms with Crippen molar-refractivity contribution in [3.05, 3.63) is 24.0 Å². The molecular formula is C11H16N2O3. The molecule has 0 amide bonds. The lowest BCUT2D eigenvalue weighted by Crippen LogP contribution is -2.47. The minimum atomic E-state index is -1.04. The highest BCUT2D eigenvalue weighted by Gasteiger charge is 2.34. The fourth-order valence-electron chi connectivity index (χ4n) is 1.35. The van der Waals surface area contributed by atoms with Crippen LogP contribution in [0.4, 0.5) is 0 Å². The molecule has 0 aliphatic heterocycles. The van der Waals surface area contributed by atoms with Gasteiger partial charge in [0.05, 0.1) is 13.3 Å². The third-order valence-corrected chi connectivity index (χ3v) is 2.68. The van der Waals surface area contributed by atoms with Gasteiger partial charge in [0, 0.05) is 11.1 Å². The molecule has 0 aliphatic carbocycles. The molecule has 1 atom stereocenters. The van der Waals surface area contributed by atoms with Crippen LogP contribution in [0.1, 0.15) is 19.5 Å². The zero-order valence-corrected chi connectivity index (χ0v) is 9.60. The lowest BCUT2D eigenvalue weighted by molar-refractivity contribution is -0.140. The molecular weight excluding hydrogens is 208 g/mol. The van der Waals surface area contributed by atoms with Gasteiger partial charge in [-0.2, -0.15) is 0 Å². The van der Waals surface area contributed by atoms with E-state index in [4.69, 9.17) is 15.6 Å². The molecule has 5 heteroatoms. The van der Waals surface area contributed by atoms with Crippen LogP contribution in [0.5, 0.6) is 5.75 Å². The van der Waals surface area contributed by atoms with Crippen LogP contribution in [-0.2, 0) is 10.2 Å². The summed E-state index contributed by atoms with van der Waals surface area (Å²) in [5.41, 5.74) is 5.53.